The molecule has 2 rings (SSSR count). The van der Waals surface area contributed by atoms with E-state index in [9.17, 15) is 5.11 Å². The minimum absolute atomic E-state index is 0.783. The van der Waals surface area contributed by atoms with Crippen LogP contribution in [-0.4, -0.2) is 23.2 Å². The van der Waals surface area contributed by atoms with Gasteiger partial charge in [-0.05, 0) is 32.6 Å². The second kappa shape index (κ2) is 4.34. The zero-order valence-corrected chi connectivity index (χ0v) is 11.0. The Bertz CT molecular complexity index is 348. The quantitative estimate of drug-likeness (QED) is 0.863. The summed E-state index contributed by atoms with van der Waals surface area (Å²) in [5, 5.41) is 12.9. The van der Waals surface area contributed by atoms with E-state index in [1.807, 2.05) is 5.38 Å². The number of nitrogens with zero attached hydrogens (tertiary/aromatic N) is 2. The molecule has 4 heteroatoms. The molecule has 0 aliphatic carbocycles. The van der Waals surface area contributed by atoms with Gasteiger partial charge in [-0.1, -0.05) is 6.92 Å². The SMILES string of the molecule is CC1CCN(c2nc(C(C)(C)O)cs2)CC1. The molecule has 0 spiro atoms. The molecule has 0 bridgehead atoms. The molecule has 2 heterocycles. The average molecular weight is 240 g/mol. The van der Waals surface area contributed by atoms with Gasteiger partial charge in [0.2, 0.25) is 0 Å². The summed E-state index contributed by atoms with van der Waals surface area (Å²) in [5.74, 6) is 0.838. The first kappa shape index (κ1) is 11.9. The summed E-state index contributed by atoms with van der Waals surface area (Å²) >= 11 is 1.64. The van der Waals surface area contributed by atoms with Gasteiger partial charge >= 0.3 is 0 Å². The number of piperidine rings is 1. The molecule has 1 aromatic rings. The summed E-state index contributed by atoms with van der Waals surface area (Å²) in [5.41, 5.74) is -0.0382. The highest BCUT2D eigenvalue weighted by atomic mass is 32.1. The van der Waals surface area contributed by atoms with E-state index in [0.29, 0.717) is 0 Å². The maximum absolute atomic E-state index is 9.87. The maximum Gasteiger partial charge on any atom is 0.185 e. The fraction of sp³-hybridized carbons (Fsp3) is 0.750. The van der Waals surface area contributed by atoms with Crippen LogP contribution in [0.5, 0.6) is 0 Å². The smallest absolute Gasteiger partial charge is 0.185 e. The molecule has 1 fully saturated rings. The molecule has 90 valence electrons. The number of aliphatic hydroxyl groups is 1. The molecular weight excluding hydrogens is 220 g/mol. The van der Waals surface area contributed by atoms with Gasteiger partial charge in [0.15, 0.2) is 5.13 Å². The lowest BCUT2D eigenvalue weighted by Gasteiger charge is -2.29. The lowest BCUT2D eigenvalue weighted by atomic mass is 10.00. The molecule has 1 aromatic heterocycles. The number of rotatable bonds is 2. The van der Waals surface area contributed by atoms with Crippen LogP contribution in [0.1, 0.15) is 39.3 Å². The van der Waals surface area contributed by atoms with Crippen LogP contribution in [0.4, 0.5) is 5.13 Å². The molecule has 16 heavy (non-hydrogen) atoms. The molecule has 0 radical (unpaired) electrons. The molecule has 1 saturated heterocycles. The summed E-state index contributed by atoms with van der Waals surface area (Å²) in [6, 6.07) is 0. The van der Waals surface area contributed by atoms with Gasteiger partial charge in [0.1, 0.15) is 5.60 Å². The van der Waals surface area contributed by atoms with Gasteiger partial charge in [-0.15, -0.1) is 11.3 Å². The lowest BCUT2D eigenvalue weighted by Crippen LogP contribution is -2.32. The molecule has 0 saturated carbocycles. The van der Waals surface area contributed by atoms with Gasteiger partial charge < -0.3 is 10.0 Å². The molecule has 0 aromatic carbocycles. The Morgan fingerprint density at radius 3 is 2.56 bits per heavy atom. The average Bonchev–Trinajstić information content (AvgIpc) is 2.67. The summed E-state index contributed by atoms with van der Waals surface area (Å²) in [4.78, 5) is 6.86. The number of aromatic nitrogens is 1. The summed E-state index contributed by atoms with van der Waals surface area (Å²) in [6.07, 6.45) is 2.49. The van der Waals surface area contributed by atoms with E-state index in [0.717, 1.165) is 29.8 Å². The van der Waals surface area contributed by atoms with Gasteiger partial charge in [0, 0.05) is 18.5 Å². The van der Waals surface area contributed by atoms with Crippen LogP contribution in [0.3, 0.4) is 0 Å². The standard InChI is InChI=1S/C12H20N2OS/c1-9-4-6-14(7-5-9)11-13-10(8-16-11)12(2,3)15/h8-9,15H,4-7H2,1-3H3. The Hall–Kier alpha value is -0.610. The van der Waals surface area contributed by atoms with Crippen LogP contribution in [0, 0.1) is 5.92 Å². The van der Waals surface area contributed by atoms with Crippen LogP contribution in [0.2, 0.25) is 0 Å². The fourth-order valence-corrected chi connectivity index (χ4v) is 2.93. The van der Waals surface area contributed by atoms with E-state index in [4.69, 9.17) is 0 Å². The monoisotopic (exact) mass is 240 g/mol. The molecule has 1 N–H and O–H groups in total. The van der Waals surface area contributed by atoms with Gasteiger partial charge in [0.05, 0.1) is 5.69 Å². The summed E-state index contributed by atoms with van der Waals surface area (Å²) in [6.45, 7) is 8.07. The molecule has 1 aliphatic heterocycles. The second-order valence-corrected chi connectivity index (χ2v) is 6.08. The third-order valence-electron chi connectivity index (χ3n) is 3.17. The van der Waals surface area contributed by atoms with E-state index >= 15 is 0 Å². The van der Waals surface area contributed by atoms with Crippen molar-refractivity contribution in [2.75, 3.05) is 18.0 Å². The van der Waals surface area contributed by atoms with E-state index in [1.165, 1.54) is 12.8 Å². The summed E-state index contributed by atoms with van der Waals surface area (Å²) in [7, 11) is 0. The van der Waals surface area contributed by atoms with Crippen LogP contribution in [-0.2, 0) is 5.60 Å². The lowest BCUT2D eigenvalue weighted by molar-refractivity contribution is 0.0746. The number of hydrogen-bond acceptors (Lipinski definition) is 4. The third kappa shape index (κ3) is 2.55. The minimum atomic E-state index is -0.822. The van der Waals surface area contributed by atoms with Crippen molar-refractivity contribution in [2.45, 2.75) is 39.2 Å². The predicted octanol–water partition coefficient (Wildman–Crippen LogP) is 2.61. The minimum Gasteiger partial charge on any atom is -0.384 e. The topological polar surface area (TPSA) is 36.4 Å². The molecule has 0 unspecified atom stereocenters. The Labute approximate surface area is 101 Å². The summed E-state index contributed by atoms with van der Waals surface area (Å²) < 4.78 is 0. The van der Waals surface area contributed by atoms with Gasteiger partial charge in [-0.2, -0.15) is 0 Å². The molecule has 0 atom stereocenters. The first-order valence-electron chi connectivity index (χ1n) is 5.90. The first-order valence-corrected chi connectivity index (χ1v) is 6.78. The van der Waals surface area contributed by atoms with Crippen LogP contribution in [0.25, 0.3) is 0 Å². The Morgan fingerprint density at radius 2 is 2.06 bits per heavy atom. The molecule has 3 nitrogen and oxygen atoms in total. The fourth-order valence-electron chi connectivity index (χ4n) is 1.89. The molecular formula is C12H20N2OS. The van der Waals surface area contributed by atoms with Gasteiger partial charge in [0.25, 0.3) is 0 Å². The second-order valence-electron chi connectivity index (χ2n) is 5.24. The highest BCUT2D eigenvalue weighted by molar-refractivity contribution is 7.13. The first-order chi connectivity index (χ1) is 7.47. The van der Waals surface area contributed by atoms with Crippen molar-refractivity contribution in [2.24, 2.45) is 5.92 Å². The molecule has 1 aliphatic rings. The zero-order valence-electron chi connectivity index (χ0n) is 10.2. The largest absolute Gasteiger partial charge is 0.384 e. The van der Waals surface area contributed by atoms with E-state index in [-0.39, 0.29) is 0 Å². The molecule has 0 amide bonds. The van der Waals surface area contributed by atoms with Crippen molar-refractivity contribution in [3.63, 3.8) is 0 Å². The maximum atomic E-state index is 9.87. The Morgan fingerprint density at radius 1 is 1.44 bits per heavy atom. The normalized spacial score (nSPS) is 19.1. The van der Waals surface area contributed by atoms with Crippen LogP contribution in [0.15, 0.2) is 5.38 Å². The number of anilines is 1. The number of thiazole rings is 1. The van der Waals surface area contributed by atoms with Crippen molar-refractivity contribution in [1.82, 2.24) is 4.98 Å². The van der Waals surface area contributed by atoms with Crippen molar-refractivity contribution in [3.05, 3.63) is 11.1 Å². The zero-order chi connectivity index (χ0) is 11.8. The number of hydrogen-bond donors (Lipinski definition) is 1. The van der Waals surface area contributed by atoms with Crippen molar-refractivity contribution >= 4 is 16.5 Å². The van der Waals surface area contributed by atoms with Crippen molar-refractivity contribution < 1.29 is 5.11 Å². The van der Waals surface area contributed by atoms with E-state index in [1.54, 1.807) is 25.2 Å². The van der Waals surface area contributed by atoms with Gasteiger partial charge in [-0.3, -0.25) is 0 Å². The van der Waals surface area contributed by atoms with Crippen molar-refractivity contribution in [1.29, 1.82) is 0 Å². The van der Waals surface area contributed by atoms with E-state index < -0.39 is 5.60 Å². The van der Waals surface area contributed by atoms with Gasteiger partial charge in [-0.25, -0.2) is 4.98 Å². The Kier molecular flexibility index (Phi) is 3.22. The third-order valence-corrected chi connectivity index (χ3v) is 4.07. The Balaban J connectivity index is 2.08. The highest BCUT2D eigenvalue weighted by Gasteiger charge is 2.23. The van der Waals surface area contributed by atoms with Crippen LogP contribution < -0.4 is 4.90 Å². The highest BCUT2D eigenvalue weighted by Crippen LogP contribution is 2.29. The van der Waals surface area contributed by atoms with Crippen LogP contribution >= 0.6 is 11.3 Å². The predicted molar refractivity (Wildman–Crippen MR) is 68.0 cm³/mol. The van der Waals surface area contributed by atoms with E-state index in [2.05, 4.69) is 16.8 Å². The van der Waals surface area contributed by atoms with Crippen molar-refractivity contribution in [3.8, 4) is 0 Å².